The van der Waals surface area contributed by atoms with Crippen molar-refractivity contribution in [1.82, 2.24) is 4.98 Å². The minimum atomic E-state index is -1.02. The van der Waals surface area contributed by atoms with Gasteiger partial charge in [-0.1, -0.05) is 18.2 Å². The summed E-state index contributed by atoms with van der Waals surface area (Å²) in [5, 5.41) is 10.2. The fourth-order valence-corrected chi connectivity index (χ4v) is 2.82. The predicted molar refractivity (Wildman–Crippen MR) is 78.2 cm³/mol. The molecule has 0 spiro atoms. The van der Waals surface area contributed by atoms with Crippen molar-refractivity contribution >= 4 is 28.5 Å². The van der Waals surface area contributed by atoms with Crippen molar-refractivity contribution in [2.75, 3.05) is 18.0 Å². The van der Waals surface area contributed by atoms with Crippen LogP contribution < -0.4 is 10.6 Å². The van der Waals surface area contributed by atoms with Gasteiger partial charge in [-0.3, -0.25) is 9.78 Å². The van der Waals surface area contributed by atoms with Gasteiger partial charge in [0.1, 0.15) is 5.56 Å². The lowest BCUT2D eigenvalue weighted by molar-refractivity contribution is -0.121. The molecule has 1 saturated heterocycles. The van der Waals surface area contributed by atoms with Crippen LogP contribution in [0.2, 0.25) is 0 Å². The average molecular weight is 285 g/mol. The number of hydrogen-bond donors (Lipinski definition) is 2. The van der Waals surface area contributed by atoms with Crippen LogP contribution in [0, 0.1) is 5.92 Å². The molecule has 1 aliphatic heterocycles. The molecule has 1 unspecified atom stereocenters. The topological polar surface area (TPSA) is 96.5 Å². The molecule has 3 rings (SSSR count). The highest BCUT2D eigenvalue weighted by molar-refractivity contribution is 6.04. The molecule has 1 aromatic carbocycles. The summed E-state index contributed by atoms with van der Waals surface area (Å²) in [6.07, 6.45) is 2.02. The molecule has 1 aliphatic rings. The minimum Gasteiger partial charge on any atom is -0.478 e. The number of carbonyl (C=O) groups excluding carboxylic acids is 1. The molecule has 6 heteroatoms. The highest BCUT2D eigenvalue weighted by Gasteiger charge is 2.30. The van der Waals surface area contributed by atoms with Crippen molar-refractivity contribution in [3.05, 3.63) is 36.0 Å². The van der Waals surface area contributed by atoms with Gasteiger partial charge in [-0.15, -0.1) is 0 Å². The largest absolute Gasteiger partial charge is 0.478 e. The number of primary amides is 1. The van der Waals surface area contributed by atoms with Crippen molar-refractivity contribution in [2.45, 2.75) is 6.42 Å². The summed E-state index contributed by atoms with van der Waals surface area (Å²) in [6, 6.07) is 7.39. The van der Waals surface area contributed by atoms with Gasteiger partial charge in [0, 0.05) is 24.7 Å². The van der Waals surface area contributed by atoms with Crippen molar-refractivity contribution in [1.29, 1.82) is 0 Å². The van der Waals surface area contributed by atoms with Crippen LogP contribution in [-0.2, 0) is 4.79 Å². The maximum absolute atomic E-state index is 11.5. The number of nitrogens with zero attached hydrogens (tertiary/aromatic N) is 2. The third-order valence-corrected chi connectivity index (χ3v) is 3.88. The number of amides is 1. The first-order valence-electron chi connectivity index (χ1n) is 6.73. The third-order valence-electron chi connectivity index (χ3n) is 3.88. The van der Waals surface area contributed by atoms with Crippen LogP contribution in [-0.4, -0.2) is 35.1 Å². The Labute approximate surface area is 121 Å². The van der Waals surface area contributed by atoms with Gasteiger partial charge in [-0.2, -0.15) is 0 Å². The Hall–Kier alpha value is -2.63. The van der Waals surface area contributed by atoms with Crippen LogP contribution in [0.3, 0.4) is 0 Å². The maximum Gasteiger partial charge on any atom is 0.339 e. The second kappa shape index (κ2) is 5.05. The summed E-state index contributed by atoms with van der Waals surface area (Å²) < 4.78 is 0. The summed E-state index contributed by atoms with van der Waals surface area (Å²) in [6.45, 7) is 1.06. The van der Waals surface area contributed by atoms with Crippen molar-refractivity contribution in [2.24, 2.45) is 11.7 Å². The molecule has 2 heterocycles. The van der Waals surface area contributed by atoms with E-state index in [1.807, 2.05) is 29.2 Å². The van der Waals surface area contributed by atoms with Crippen LogP contribution in [0.4, 0.5) is 5.69 Å². The lowest BCUT2D eigenvalue weighted by Gasteiger charge is -2.22. The number of fused-ring (bicyclic) bond motifs is 1. The van der Waals surface area contributed by atoms with E-state index in [0.29, 0.717) is 25.2 Å². The molecule has 1 amide bonds. The summed E-state index contributed by atoms with van der Waals surface area (Å²) in [4.78, 5) is 28.9. The standard InChI is InChI=1S/C15H15N3O3/c16-14(19)9-5-6-18(8-9)13-10-3-1-2-4-12(10)17-7-11(13)15(20)21/h1-4,7,9H,5-6,8H2,(H2,16,19)(H,20,21). The Morgan fingerprint density at radius 2 is 2.10 bits per heavy atom. The Bertz CT molecular complexity index is 729. The third kappa shape index (κ3) is 2.29. The number of rotatable bonds is 3. The van der Waals surface area contributed by atoms with Crippen molar-refractivity contribution in [3.8, 4) is 0 Å². The normalized spacial score (nSPS) is 18.1. The summed E-state index contributed by atoms with van der Waals surface area (Å²) >= 11 is 0. The van der Waals surface area contributed by atoms with Crippen LogP contribution in [0.5, 0.6) is 0 Å². The van der Waals surface area contributed by atoms with E-state index >= 15 is 0 Å². The zero-order valence-electron chi connectivity index (χ0n) is 11.3. The number of pyridine rings is 1. The van der Waals surface area contributed by atoms with E-state index in [1.165, 1.54) is 6.20 Å². The Morgan fingerprint density at radius 3 is 2.76 bits per heavy atom. The molecule has 0 radical (unpaired) electrons. The van der Waals surface area contributed by atoms with Crippen LogP contribution in [0.25, 0.3) is 10.9 Å². The van der Waals surface area contributed by atoms with Gasteiger partial charge in [0.15, 0.2) is 0 Å². The molecule has 0 saturated carbocycles. The van der Waals surface area contributed by atoms with Gasteiger partial charge in [0.25, 0.3) is 0 Å². The van der Waals surface area contributed by atoms with Crippen LogP contribution in [0.15, 0.2) is 30.5 Å². The molecule has 1 fully saturated rings. The van der Waals surface area contributed by atoms with E-state index in [-0.39, 0.29) is 17.4 Å². The van der Waals surface area contributed by atoms with E-state index in [1.54, 1.807) is 0 Å². The molecule has 0 aliphatic carbocycles. The number of nitrogens with two attached hydrogens (primary N) is 1. The molecular formula is C15H15N3O3. The lowest BCUT2D eigenvalue weighted by Crippen LogP contribution is -2.28. The van der Waals surface area contributed by atoms with Gasteiger partial charge < -0.3 is 15.7 Å². The molecule has 3 N–H and O–H groups in total. The number of aromatic carboxylic acids is 1. The fraction of sp³-hybridized carbons (Fsp3) is 0.267. The molecule has 1 aromatic heterocycles. The van der Waals surface area contributed by atoms with Gasteiger partial charge in [0.2, 0.25) is 5.91 Å². The van der Waals surface area contributed by atoms with E-state index in [4.69, 9.17) is 5.73 Å². The Balaban J connectivity index is 2.13. The summed E-state index contributed by atoms with van der Waals surface area (Å²) in [5.41, 5.74) is 6.86. The molecule has 21 heavy (non-hydrogen) atoms. The second-order valence-corrected chi connectivity index (χ2v) is 5.18. The molecule has 1 atom stereocenters. The van der Waals surface area contributed by atoms with Crippen molar-refractivity contribution < 1.29 is 14.7 Å². The van der Waals surface area contributed by atoms with Gasteiger partial charge >= 0.3 is 5.97 Å². The van der Waals surface area contributed by atoms with E-state index < -0.39 is 5.97 Å². The zero-order chi connectivity index (χ0) is 15.0. The number of carbonyl (C=O) groups is 2. The Kier molecular flexibility index (Phi) is 3.21. The highest BCUT2D eigenvalue weighted by atomic mass is 16.4. The predicted octanol–water partition coefficient (Wildman–Crippen LogP) is 1.24. The number of benzene rings is 1. The second-order valence-electron chi connectivity index (χ2n) is 5.18. The minimum absolute atomic E-state index is 0.152. The number of para-hydroxylation sites is 1. The quantitative estimate of drug-likeness (QED) is 0.884. The number of anilines is 1. The van der Waals surface area contributed by atoms with Crippen LogP contribution >= 0.6 is 0 Å². The molecule has 2 aromatic rings. The summed E-state index contributed by atoms with van der Waals surface area (Å²) in [5.74, 6) is -1.60. The summed E-state index contributed by atoms with van der Waals surface area (Å²) in [7, 11) is 0. The zero-order valence-corrected chi connectivity index (χ0v) is 11.3. The fourth-order valence-electron chi connectivity index (χ4n) is 2.82. The van der Waals surface area contributed by atoms with Crippen LogP contribution in [0.1, 0.15) is 16.8 Å². The number of carboxylic acid groups (broad SMARTS) is 1. The monoisotopic (exact) mass is 285 g/mol. The lowest BCUT2D eigenvalue weighted by atomic mass is 10.1. The molecular weight excluding hydrogens is 270 g/mol. The smallest absolute Gasteiger partial charge is 0.339 e. The molecule has 6 nitrogen and oxygen atoms in total. The SMILES string of the molecule is NC(=O)C1CCN(c2c(C(=O)O)cnc3ccccc23)C1. The maximum atomic E-state index is 11.5. The van der Waals surface area contributed by atoms with E-state index in [2.05, 4.69) is 4.98 Å². The first kappa shape index (κ1) is 13.4. The first-order chi connectivity index (χ1) is 10.1. The van der Waals surface area contributed by atoms with Crippen molar-refractivity contribution in [3.63, 3.8) is 0 Å². The molecule has 108 valence electrons. The van der Waals surface area contributed by atoms with Gasteiger partial charge in [-0.25, -0.2) is 4.79 Å². The average Bonchev–Trinajstić information content (AvgIpc) is 2.95. The highest BCUT2D eigenvalue weighted by Crippen LogP contribution is 2.33. The number of carboxylic acids is 1. The van der Waals surface area contributed by atoms with Gasteiger partial charge in [0.05, 0.1) is 17.1 Å². The first-order valence-corrected chi connectivity index (χ1v) is 6.73. The Morgan fingerprint density at radius 1 is 1.33 bits per heavy atom. The molecule has 0 bridgehead atoms. The number of aromatic nitrogens is 1. The van der Waals surface area contributed by atoms with Gasteiger partial charge in [-0.05, 0) is 12.5 Å². The number of hydrogen-bond acceptors (Lipinski definition) is 4. The van der Waals surface area contributed by atoms with E-state index in [0.717, 1.165) is 10.9 Å². The van der Waals surface area contributed by atoms with E-state index in [9.17, 15) is 14.7 Å².